The lowest BCUT2D eigenvalue weighted by molar-refractivity contribution is 0.255. The zero-order chi connectivity index (χ0) is 13.1. The zero-order valence-corrected chi connectivity index (χ0v) is 12.9. The molecule has 0 aromatic heterocycles. The summed E-state index contributed by atoms with van der Waals surface area (Å²) < 4.78 is 1.11. The summed E-state index contributed by atoms with van der Waals surface area (Å²) in [5.41, 5.74) is 7.50. The maximum absolute atomic E-state index is 6.27. The topological polar surface area (TPSA) is 29.3 Å². The van der Waals surface area contributed by atoms with E-state index in [1.165, 1.54) is 18.5 Å². The Balaban J connectivity index is 1.87. The van der Waals surface area contributed by atoms with Crippen LogP contribution in [0.25, 0.3) is 0 Å². The number of rotatable bonds is 4. The quantitative estimate of drug-likeness (QED) is 0.921. The molecule has 0 aliphatic carbocycles. The average molecular weight is 311 g/mol. The van der Waals surface area contributed by atoms with Gasteiger partial charge in [0.25, 0.3) is 0 Å². The number of halogens is 1. The third-order valence-corrected chi connectivity index (χ3v) is 4.41. The van der Waals surface area contributed by atoms with E-state index in [4.69, 9.17) is 5.73 Å². The molecule has 0 amide bonds. The SMILES string of the molecule is CC1CC(C)N(CCC(N)c2cccc(Br)c2)C1. The summed E-state index contributed by atoms with van der Waals surface area (Å²) in [6.45, 7) is 7.00. The number of hydrogen-bond donors (Lipinski definition) is 1. The first-order valence-electron chi connectivity index (χ1n) is 6.81. The zero-order valence-electron chi connectivity index (χ0n) is 11.3. The first kappa shape index (κ1) is 14.0. The van der Waals surface area contributed by atoms with Gasteiger partial charge in [-0.15, -0.1) is 0 Å². The smallest absolute Gasteiger partial charge is 0.0307 e. The van der Waals surface area contributed by atoms with Crippen LogP contribution in [0.3, 0.4) is 0 Å². The highest BCUT2D eigenvalue weighted by molar-refractivity contribution is 9.10. The molecule has 1 aliphatic rings. The molecule has 0 saturated carbocycles. The van der Waals surface area contributed by atoms with Crippen LogP contribution in [0.5, 0.6) is 0 Å². The van der Waals surface area contributed by atoms with Gasteiger partial charge in [0.15, 0.2) is 0 Å². The van der Waals surface area contributed by atoms with Gasteiger partial charge in [-0.05, 0) is 43.4 Å². The van der Waals surface area contributed by atoms with Crippen molar-refractivity contribution in [1.82, 2.24) is 4.90 Å². The van der Waals surface area contributed by atoms with E-state index < -0.39 is 0 Å². The first-order chi connectivity index (χ1) is 8.56. The molecule has 2 rings (SSSR count). The molecule has 0 spiro atoms. The molecule has 0 bridgehead atoms. The van der Waals surface area contributed by atoms with Crippen molar-refractivity contribution in [3.8, 4) is 0 Å². The number of hydrogen-bond acceptors (Lipinski definition) is 2. The molecular formula is C15H23BrN2. The molecule has 1 aromatic carbocycles. The molecule has 1 fully saturated rings. The lowest BCUT2D eigenvalue weighted by atomic mass is 10.0. The van der Waals surface area contributed by atoms with Gasteiger partial charge in [-0.3, -0.25) is 0 Å². The van der Waals surface area contributed by atoms with Crippen molar-refractivity contribution < 1.29 is 0 Å². The lowest BCUT2D eigenvalue weighted by Gasteiger charge is -2.23. The van der Waals surface area contributed by atoms with Gasteiger partial charge < -0.3 is 10.6 Å². The standard InChI is InChI=1S/C15H23BrN2/c1-11-8-12(2)18(10-11)7-6-15(17)13-4-3-5-14(16)9-13/h3-5,9,11-12,15H,6-8,10,17H2,1-2H3. The predicted octanol–water partition coefficient (Wildman–Crippen LogP) is 3.57. The fourth-order valence-electron chi connectivity index (χ4n) is 2.91. The minimum Gasteiger partial charge on any atom is -0.324 e. The Morgan fingerprint density at radius 1 is 1.44 bits per heavy atom. The van der Waals surface area contributed by atoms with Gasteiger partial charge >= 0.3 is 0 Å². The second-order valence-electron chi connectivity index (χ2n) is 5.64. The highest BCUT2D eigenvalue weighted by atomic mass is 79.9. The molecule has 3 heteroatoms. The van der Waals surface area contributed by atoms with Crippen LogP contribution in [0.4, 0.5) is 0 Å². The molecule has 3 atom stereocenters. The molecule has 2 nitrogen and oxygen atoms in total. The Labute approximate surface area is 119 Å². The number of benzene rings is 1. The molecule has 100 valence electrons. The summed E-state index contributed by atoms with van der Waals surface area (Å²) in [5.74, 6) is 0.835. The van der Waals surface area contributed by atoms with Crippen LogP contribution in [0.1, 0.15) is 38.3 Å². The number of nitrogens with zero attached hydrogens (tertiary/aromatic N) is 1. The van der Waals surface area contributed by atoms with Gasteiger partial charge in [0, 0.05) is 29.6 Å². The Morgan fingerprint density at radius 3 is 2.83 bits per heavy atom. The van der Waals surface area contributed by atoms with Crippen LogP contribution in [-0.2, 0) is 0 Å². The maximum atomic E-state index is 6.27. The normalized spacial score (nSPS) is 26.4. The summed E-state index contributed by atoms with van der Waals surface area (Å²) in [4.78, 5) is 2.57. The summed E-state index contributed by atoms with van der Waals surface area (Å²) in [6, 6.07) is 9.20. The number of nitrogens with two attached hydrogens (primary N) is 1. The van der Waals surface area contributed by atoms with Gasteiger partial charge in [0.2, 0.25) is 0 Å². The van der Waals surface area contributed by atoms with Gasteiger partial charge in [0.1, 0.15) is 0 Å². The van der Waals surface area contributed by atoms with Crippen molar-refractivity contribution >= 4 is 15.9 Å². The molecule has 1 aromatic rings. The molecule has 1 aliphatic heterocycles. The molecule has 0 radical (unpaired) electrons. The maximum Gasteiger partial charge on any atom is 0.0307 e. The monoisotopic (exact) mass is 310 g/mol. The Bertz CT molecular complexity index is 394. The summed E-state index contributed by atoms with van der Waals surface area (Å²) in [7, 11) is 0. The molecule has 3 unspecified atom stereocenters. The van der Waals surface area contributed by atoms with E-state index in [0.29, 0.717) is 0 Å². The second kappa shape index (κ2) is 6.18. The van der Waals surface area contributed by atoms with Gasteiger partial charge in [-0.2, -0.15) is 0 Å². The van der Waals surface area contributed by atoms with Crippen molar-refractivity contribution in [1.29, 1.82) is 0 Å². The van der Waals surface area contributed by atoms with Crippen LogP contribution in [0.15, 0.2) is 28.7 Å². The van der Waals surface area contributed by atoms with E-state index in [9.17, 15) is 0 Å². The van der Waals surface area contributed by atoms with Crippen LogP contribution < -0.4 is 5.73 Å². The van der Waals surface area contributed by atoms with Crippen molar-refractivity contribution in [2.75, 3.05) is 13.1 Å². The van der Waals surface area contributed by atoms with Crippen molar-refractivity contribution in [2.24, 2.45) is 11.7 Å². The van der Waals surface area contributed by atoms with Gasteiger partial charge in [-0.25, -0.2) is 0 Å². The van der Waals surface area contributed by atoms with E-state index in [2.05, 4.69) is 52.9 Å². The van der Waals surface area contributed by atoms with Gasteiger partial charge in [0.05, 0.1) is 0 Å². The Morgan fingerprint density at radius 2 is 2.22 bits per heavy atom. The van der Waals surface area contributed by atoms with E-state index >= 15 is 0 Å². The second-order valence-corrected chi connectivity index (χ2v) is 6.55. The largest absolute Gasteiger partial charge is 0.324 e. The third-order valence-electron chi connectivity index (χ3n) is 3.92. The first-order valence-corrected chi connectivity index (χ1v) is 7.60. The summed E-state index contributed by atoms with van der Waals surface area (Å²) in [6.07, 6.45) is 2.36. The number of likely N-dealkylation sites (tertiary alicyclic amines) is 1. The highest BCUT2D eigenvalue weighted by Gasteiger charge is 2.25. The fraction of sp³-hybridized carbons (Fsp3) is 0.600. The van der Waals surface area contributed by atoms with E-state index in [1.807, 2.05) is 6.07 Å². The van der Waals surface area contributed by atoms with Crippen molar-refractivity contribution in [3.05, 3.63) is 34.3 Å². The average Bonchev–Trinajstić information content (AvgIpc) is 2.65. The summed E-state index contributed by atoms with van der Waals surface area (Å²) in [5, 5.41) is 0. The minimum absolute atomic E-state index is 0.144. The van der Waals surface area contributed by atoms with Crippen LogP contribution in [-0.4, -0.2) is 24.0 Å². The summed E-state index contributed by atoms with van der Waals surface area (Å²) >= 11 is 3.50. The van der Waals surface area contributed by atoms with Crippen molar-refractivity contribution in [3.63, 3.8) is 0 Å². The molecule has 1 heterocycles. The minimum atomic E-state index is 0.144. The lowest BCUT2D eigenvalue weighted by Crippen LogP contribution is -2.30. The van der Waals surface area contributed by atoms with E-state index in [-0.39, 0.29) is 6.04 Å². The Hall–Kier alpha value is -0.380. The van der Waals surface area contributed by atoms with E-state index in [0.717, 1.165) is 29.4 Å². The van der Waals surface area contributed by atoms with E-state index in [1.54, 1.807) is 0 Å². The van der Waals surface area contributed by atoms with Gasteiger partial charge in [-0.1, -0.05) is 35.0 Å². The Kier molecular flexibility index (Phi) is 4.82. The third kappa shape index (κ3) is 3.56. The van der Waals surface area contributed by atoms with Crippen LogP contribution in [0.2, 0.25) is 0 Å². The highest BCUT2D eigenvalue weighted by Crippen LogP contribution is 2.24. The molecule has 18 heavy (non-hydrogen) atoms. The van der Waals surface area contributed by atoms with Crippen molar-refractivity contribution in [2.45, 2.75) is 38.8 Å². The van der Waals surface area contributed by atoms with Crippen LogP contribution in [0, 0.1) is 5.92 Å². The predicted molar refractivity (Wildman–Crippen MR) is 80.5 cm³/mol. The fourth-order valence-corrected chi connectivity index (χ4v) is 3.32. The van der Waals surface area contributed by atoms with Crippen LogP contribution >= 0.6 is 15.9 Å². The molecular weight excluding hydrogens is 288 g/mol. The molecule has 2 N–H and O–H groups in total. The molecule has 1 saturated heterocycles.